The molecule has 3 rings (SSSR count). The van der Waals surface area contributed by atoms with E-state index in [0.717, 1.165) is 12.8 Å². The van der Waals surface area contributed by atoms with Crippen LogP contribution in [0.1, 0.15) is 36.0 Å². The number of carbonyl (C=O) groups excluding carboxylic acids is 1. The van der Waals surface area contributed by atoms with Gasteiger partial charge in [-0.15, -0.1) is 0 Å². The predicted molar refractivity (Wildman–Crippen MR) is 74.5 cm³/mol. The molecule has 0 spiro atoms. The Balaban J connectivity index is 1.69. The normalized spacial score (nSPS) is 29.3. The van der Waals surface area contributed by atoms with Crippen LogP contribution in [0.4, 0.5) is 4.39 Å². The number of benzene rings is 1. The Morgan fingerprint density at radius 2 is 2.00 bits per heavy atom. The lowest BCUT2D eigenvalue weighted by Crippen LogP contribution is -2.48. The highest BCUT2D eigenvalue weighted by molar-refractivity contribution is 9.10. The summed E-state index contributed by atoms with van der Waals surface area (Å²) < 4.78 is 14.4. The second-order valence-corrected chi connectivity index (χ2v) is 6.32. The second kappa shape index (κ2) is 5.21. The topological polar surface area (TPSA) is 41.1 Å². The molecule has 2 fully saturated rings. The number of amides is 1. The van der Waals surface area contributed by atoms with Crippen molar-refractivity contribution >= 4 is 21.8 Å². The largest absolute Gasteiger partial charge is 0.349 e. The average molecular weight is 327 g/mol. The van der Waals surface area contributed by atoms with Gasteiger partial charge in [0.15, 0.2) is 0 Å². The molecule has 2 atom stereocenters. The van der Waals surface area contributed by atoms with E-state index >= 15 is 0 Å². The van der Waals surface area contributed by atoms with Gasteiger partial charge in [0.2, 0.25) is 0 Å². The van der Waals surface area contributed by atoms with Crippen LogP contribution in [0.2, 0.25) is 0 Å². The maximum Gasteiger partial charge on any atom is 0.254 e. The van der Waals surface area contributed by atoms with Gasteiger partial charge in [0.1, 0.15) is 5.82 Å². The quantitative estimate of drug-likeness (QED) is 0.877. The summed E-state index contributed by atoms with van der Waals surface area (Å²) in [4.78, 5) is 12.1. The Morgan fingerprint density at radius 1 is 1.32 bits per heavy atom. The summed E-state index contributed by atoms with van der Waals surface area (Å²) in [7, 11) is 0. The number of carbonyl (C=O) groups is 1. The fourth-order valence-electron chi connectivity index (χ4n) is 3.11. The molecule has 5 heteroatoms. The first-order valence-electron chi connectivity index (χ1n) is 6.64. The third kappa shape index (κ3) is 2.82. The number of rotatable bonds is 2. The van der Waals surface area contributed by atoms with E-state index < -0.39 is 5.82 Å². The maximum atomic E-state index is 13.6. The highest BCUT2D eigenvalue weighted by Gasteiger charge is 2.34. The first-order valence-corrected chi connectivity index (χ1v) is 7.43. The van der Waals surface area contributed by atoms with Crippen LogP contribution in [0.3, 0.4) is 0 Å². The second-order valence-electron chi connectivity index (χ2n) is 5.40. The van der Waals surface area contributed by atoms with Crippen LogP contribution < -0.4 is 10.6 Å². The zero-order valence-electron chi connectivity index (χ0n) is 10.5. The minimum absolute atomic E-state index is 0.111. The Labute approximate surface area is 120 Å². The number of hydrogen-bond donors (Lipinski definition) is 2. The molecular formula is C14H16BrFN2O. The highest BCUT2D eigenvalue weighted by atomic mass is 79.9. The van der Waals surface area contributed by atoms with Gasteiger partial charge in [-0.2, -0.15) is 0 Å². The number of fused-ring (bicyclic) bond motifs is 2. The minimum atomic E-state index is -0.474. The molecule has 0 aliphatic carbocycles. The molecule has 2 N–H and O–H groups in total. The van der Waals surface area contributed by atoms with Crippen molar-refractivity contribution < 1.29 is 9.18 Å². The number of nitrogens with one attached hydrogen (secondary N) is 2. The van der Waals surface area contributed by atoms with Gasteiger partial charge in [0.25, 0.3) is 5.91 Å². The Hall–Kier alpha value is -0.940. The van der Waals surface area contributed by atoms with Crippen molar-refractivity contribution in [1.82, 2.24) is 10.6 Å². The van der Waals surface area contributed by atoms with Crippen LogP contribution in [0.5, 0.6) is 0 Å². The molecular weight excluding hydrogens is 311 g/mol. The van der Waals surface area contributed by atoms with Crippen molar-refractivity contribution in [2.75, 3.05) is 0 Å². The molecule has 0 radical (unpaired) electrons. The molecule has 2 bridgehead atoms. The molecule has 2 aliphatic heterocycles. The van der Waals surface area contributed by atoms with E-state index in [1.54, 1.807) is 6.07 Å². The van der Waals surface area contributed by atoms with E-state index in [4.69, 9.17) is 0 Å². The Morgan fingerprint density at radius 3 is 2.68 bits per heavy atom. The fourth-order valence-corrected chi connectivity index (χ4v) is 3.47. The lowest BCUT2D eigenvalue weighted by molar-refractivity contribution is 0.0920. The monoisotopic (exact) mass is 326 g/mol. The standard InChI is InChI=1S/C14H16BrFN2O/c15-8-1-4-13(16)12(5-8)14(19)18-11-6-9-2-3-10(7-11)17-9/h1,4-5,9-11,17H,2-3,6-7H2,(H,18,19). The molecule has 19 heavy (non-hydrogen) atoms. The number of halogens is 2. The first kappa shape index (κ1) is 13.1. The zero-order valence-corrected chi connectivity index (χ0v) is 12.0. The molecule has 102 valence electrons. The number of piperidine rings is 1. The Bertz CT molecular complexity index is 496. The summed E-state index contributed by atoms with van der Waals surface area (Å²) in [5.41, 5.74) is 0.111. The average Bonchev–Trinajstić information content (AvgIpc) is 2.71. The van der Waals surface area contributed by atoms with Gasteiger partial charge in [-0.1, -0.05) is 15.9 Å². The van der Waals surface area contributed by atoms with Gasteiger partial charge < -0.3 is 10.6 Å². The van der Waals surface area contributed by atoms with E-state index in [9.17, 15) is 9.18 Å². The molecule has 3 nitrogen and oxygen atoms in total. The molecule has 2 aliphatic rings. The van der Waals surface area contributed by atoms with Crippen molar-refractivity contribution in [2.45, 2.75) is 43.8 Å². The molecule has 2 unspecified atom stereocenters. The first-order chi connectivity index (χ1) is 9.11. The molecule has 2 heterocycles. The van der Waals surface area contributed by atoms with Crippen molar-refractivity contribution in [2.24, 2.45) is 0 Å². The van der Waals surface area contributed by atoms with E-state index in [1.165, 1.54) is 25.0 Å². The van der Waals surface area contributed by atoms with Gasteiger partial charge >= 0.3 is 0 Å². The van der Waals surface area contributed by atoms with Crippen LogP contribution in [0, 0.1) is 5.82 Å². The van der Waals surface area contributed by atoms with Gasteiger partial charge in [-0.25, -0.2) is 4.39 Å². The van der Waals surface area contributed by atoms with Crippen molar-refractivity contribution in [3.05, 3.63) is 34.1 Å². The summed E-state index contributed by atoms with van der Waals surface area (Å²) in [6.45, 7) is 0. The van der Waals surface area contributed by atoms with Gasteiger partial charge in [-0.3, -0.25) is 4.79 Å². The molecule has 1 aromatic carbocycles. The van der Waals surface area contributed by atoms with Crippen LogP contribution >= 0.6 is 15.9 Å². The summed E-state index contributed by atoms with van der Waals surface area (Å²) in [5, 5.41) is 6.49. The van der Waals surface area contributed by atoms with Gasteiger partial charge in [0, 0.05) is 22.6 Å². The Kier molecular flexibility index (Phi) is 3.58. The van der Waals surface area contributed by atoms with Gasteiger partial charge in [0.05, 0.1) is 5.56 Å². The summed E-state index contributed by atoms with van der Waals surface area (Å²) in [5.74, 6) is -0.789. The van der Waals surface area contributed by atoms with E-state index in [0.29, 0.717) is 16.6 Å². The molecule has 0 saturated carbocycles. The van der Waals surface area contributed by atoms with Crippen LogP contribution in [-0.4, -0.2) is 24.0 Å². The van der Waals surface area contributed by atoms with Crippen molar-refractivity contribution in [3.63, 3.8) is 0 Å². The maximum absolute atomic E-state index is 13.6. The lowest BCUT2D eigenvalue weighted by Gasteiger charge is -2.29. The van der Waals surface area contributed by atoms with E-state index in [1.807, 2.05) is 0 Å². The van der Waals surface area contributed by atoms with Gasteiger partial charge in [-0.05, 0) is 43.9 Å². The predicted octanol–water partition coefficient (Wildman–Crippen LogP) is 2.60. The van der Waals surface area contributed by atoms with E-state index in [-0.39, 0.29) is 17.5 Å². The molecule has 0 aromatic heterocycles. The SMILES string of the molecule is O=C(NC1CC2CCC(C1)N2)c1cc(Br)ccc1F. The molecule has 1 amide bonds. The lowest BCUT2D eigenvalue weighted by atomic mass is 9.99. The van der Waals surface area contributed by atoms with Crippen LogP contribution in [0.25, 0.3) is 0 Å². The van der Waals surface area contributed by atoms with Crippen LogP contribution in [-0.2, 0) is 0 Å². The molecule has 2 saturated heterocycles. The minimum Gasteiger partial charge on any atom is -0.349 e. The van der Waals surface area contributed by atoms with Crippen molar-refractivity contribution in [1.29, 1.82) is 0 Å². The smallest absolute Gasteiger partial charge is 0.254 e. The third-order valence-electron chi connectivity index (χ3n) is 3.98. The summed E-state index contributed by atoms with van der Waals surface area (Å²) >= 11 is 3.26. The summed E-state index contributed by atoms with van der Waals surface area (Å²) in [6.07, 6.45) is 4.25. The van der Waals surface area contributed by atoms with Crippen LogP contribution in [0.15, 0.2) is 22.7 Å². The highest BCUT2D eigenvalue weighted by Crippen LogP contribution is 2.27. The van der Waals surface area contributed by atoms with Crippen molar-refractivity contribution in [3.8, 4) is 0 Å². The third-order valence-corrected chi connectivity index (χ3v) is 4.47. The summed E-state index contributed by atoms with van der Waals surface area (Å²) in [6, 6.07) is 5.61. The fraction of sp³-hybridized carbons (Fsp3) is 0.500. The number of hydrogen-bond acceptors (Lipinski definition) is 2. The van der Waals surface area contributed by atoms with E-state index in [2.05, 4.69) is 26.6 Å². The molecule has 1 aromatic rings. The zero-order chi connectivity index (χ0) is 13.4.